The van der Waals surface area contributed by atoms with Gasteiger partial charge in [0.15, 0.2) is 0 Å². The molecule has 0 bridgehead atoms. The Labute approximate surface area is 202 Å². The average Bonchev–Trinajstić information content (AvgIpc) is 2.81. The predicted octanol–water partition coefficient (Wildman–Crippen LogP) is 5.26. The van der Waals surface area contributed by atoms with Crippen molar-refractivity contribution in [2.45, 2.75) is 51.7 Å². The Hall–Kier alpha value is -3.96. The van der Waals surface area contributed by atoms with Gasteiger partial charge in [-0.2, -0.15) is 9.78 Å². The predicted molar refractivity (Wildman–Crippen MR) is 120 cm³/mol. The van der Waals surface area contributed by atoms with E-state index in [1.54, 1.807) is 76.2 Å². The third-order valence-corrected chi connectivity index (χ3v) is 4.21. The molecule has 190 valence electrons. The van der Waals surface area contributed by atoms with Crippen LogP contribution in [-0.4, -0.2) is 45.7 Å². The smallest absolute Gasteiger partial charge is 0.449 e. The molecule has 0 atom stereocenters. The van der Waals surface area contributed by atoms with Crippen LogP contribution in [0.5, 0.6) is 0 Å². The van der Waals surface area contributed by atoms with Crippen molar-refractivity contribution in [3.8, 4) is 0 Å². The first-order chi connectivity index (χ1) is 16.3. The Balaban J connectivity index is 0.000000762. The van der Waals surface area contributed by atoms with E-state index in [9.17, 15) is 19.2 Å². The Kier molecular flexibility index (Phi) is 11.4. The Morgan fingerprint density at radius 1 is 0.629 bits per heavy atom. The molecule has 0 aliphatic rings. The lowest BCUT2D eigenvalue weighted by Gasteiger charge is -2.28. The molecular weight excluding hydrogens is 464 g/mol. The maximum atomic E-state index is 12.0. The maximum absolute atomic E-state index is 12.0. The SMILES string of the molecule is CC(C)(CCC(C)(C)OOC(=O)c1ccccc1)OOC(=O)c1ccccc1.O=C(O)OC(=O)O. The molecule has 0 aliphatic heterocycles. The van der Waals surface area contributed by atoms with E-state index < -0.39 is 35.5 Å². The van der Waals surface area contributed by atoms with Gasteiger partial charge >= 0.3 is 24.2 Å². The van der Waals surface area contributed by atoms with Crippen molar-refractivity contribution in [3.05, 3.63) is 71.8 Å². The van der Waals surface area contributed by atoms with Crippen LogP contribution in [0, 0.1) is 0 Å². The van der Waals surface area contributed by atoms with Gasteiger partial charge in [0.1, 0.15) is 11.2 Å². The van der Waals surface area contributed by atoms with Crippen molar-refractivity contribution in [2.75, 3.05) is 0 Å². The lowest BCUT2D eigenvalue weighted by Crippen LogP contribution is -2.32. The van der Waals surface area contributed by atoms with Crippen LogP contribution in [0.2, 0.25) is 0 Å². The van der Waals surface area contributed by atoms with E-state index in [1.165, 1.54) is 0 Å². The first-order valence-corrected chi connectivity index (χ1v) is 10.4. The average molecular weight is 492 g/mol. The van der Waals surface area contributed by atoms with E-state index in [0.717, 1.165) is 0 Å². The topological polar surface area (TPSA) is 155 Å². The molecule has 2 aromatic carbocycles. The van der Waals surface area contributed by atoms with Gasteiger partial charge < -0.3 is 14.9 Å². The van der Waals surface area contributed by atoms with Crippen molar-refractivity contribution in [1.82, 2.24) is 0 Å². The fourth-order valence-electron chi connectivity index (χ4n) is 2.31. The molecule has 2 N–H and O–H groups in total. The van der Waals surface area contributed by atoms with E-state index in [4.69, 9.17) is 29.8 Å². The lowest BCUT2D eigenvalue weighted by atomic mass is 9.94. The van der Waals surface area contributed by atoms with Gasteiger partial charge in [0.25, 0.3) is 0 Å². The van der Waals surface area contributed by atoms with Gasteiger partial charge in [0, 0.05) is 0 Å². The quantitative estimate of drug-likeness (QED) is 0.204. The van der Waals surface area contributed by atoms with Gasteiger partial charge in [0.2, 0.25) is 0 Å². The zero-order valence-corrected chi connectivity index (χ0v) is 19.8. The van der Waals surface area contributed by atoms with Crippen LogP contribution in [-0.2, 0) is 24.3 Å². The molecule has 0 aromatic heterocycles. The molecule has 11 heteroatoms. The number of ether oxygens (including phenoxy) is 1. The second-order valence-corrected chi connectivity index (χ2v) is 8.29. The van der Waals surface area contributed by atoms with E-state index in [1.807, 2.05) is 12.1 Å². The van der Waals surface area contributed by atoms with Crippen molar-refractivity contribution in [1.29, 1.82) is 0 Å². The number of carboxylic acid groups (broad SMARTS) is 2. The molecule has 0 fully saturated rings. The molecule has 0 aliphatic carbocycles. The molecule has 0 spiro atoms. The summed E-state index contributed by atoms with van der Waals surface area (Å²) in [6, 6.07) is 17.2. The summed E-state index contributed by atoms with van der Waals surface area (Å²) in [6.07, 6.45) is -2.62. The summed E-state index contributed by atoms with van der Waals surface area (Å²) in [6.45, 7) is 7.21. The zero-order chi connectivity index (χ0) is 26.5. The Morgan fingerprint density at radius 2 is 0.943 bits per heavy atom. The molecule has 11 nitrogen and oxygen atoms in total. The third-order valence-electron chi connectivity index (χ3n) is 4.21. The number of benzene rings is 2. The van der Waals surface area contributed by atoms with Crippen LogP contribution in [0.25, 0.3) is 0 Å². The van der Waals surface area contributed by atoms with Crippen LogP contribution < -0.4 is 0 Å². The first kappa shape index (κ1) is 29.1. The summed E-state index contributed by atoms with van der Waals surface area (Å²) in [5, 5.41) is 15.0. The number of rotatable bonds is 9. The van der Waals surface area contributed by atoms with Gasteiger partial charge in [0.05, 0.1) is 11.1 Å². The van der Waals surface area contributed by atoms with Crippen molar-refractivity contribution < 1.29 is 53.7 Å². The summed E-state index contributed by atoms with van der Waals surface area (Å²) in [5.74, 6) is -1.11. The highest BCUT2D eigenvalue weighted by Gasteiger charge is 2.30. The van der Waals surface area contributed by atoms with Crippen molar-refractivity contribution in [2.24, 2.45) is 0 Å². The maximum Gasteiger partial charge on any atom is 0.516 e. The van der Waals surface area contributed by atoms with Crippen molar-refractivity contribution >= 4 is 24.2 Å². The molecule has 0 heterocycles. The number of carbonyl (C=O) groups is 4. The molecular formula is C24H28O11. The molecule has 0 radical (unpaired) electrons. The summed E-state index contributed by atoms with van der Waals surface area (Å²) >= 11 is 0. The minimum absolute atomic E-state index is 0.412. The second-order valence-electron chi connectivity index (χ2n) is 8.29. The second kappa shape index (κ2) is 13.7. The van der Waals surface area contributed by atoms with Gasteiger partial charge in [-0.1, -0.05) is 36.4 Å². The Morgan fingerprint density at radius 3 is 1.20 bits per heavy atom. The van der Waals surface area contributed by atoms with Crippen LogP contribution >= 0.6 is 0 Å². The first-order valence-electron chi connectivity index (χ1n) is 10.4. The van der Waals surface area contributed by atoms with Crippen LogP contribution in [0.3, 0.4) is 0 Å². The number of carbonyl (C=O) groups excluding carboxylic acids is 2. The van der Waals surface area contributed by atoms with E-state index in [2.05, 4.69) is 4.74 Å². The van der Waals surface area contributed by atoms with Gasteiger partial charge in [-0.25, -0.2) is 19.2 Å². The number of hydrogen-bond donors (Lipinski definition) is 2. The van der Waals surface area contributed by atoms with E-state index >= 15 is 0 Å². The monoisotopic (exact) mass is 492 g/mol. The standard InChI is InChI=1S/C22H26O6.C2H2O5/c1-21(2,27-25-19(23)17-11-7-5-8-12-17)15-16-22(3,4)28-26-20(24)18-13-9-6-10-14-18;3-1(4)7-2(5)6/h5-14H,15-16H2,1-4H3;(H,3,4)(H,5,6). The third kappa shape index (κ3) is 12.8. The summed E-state index contributed by atoms with van der Waals surface area (Å²) in [4.78, 5) is 62.9. The van der Waals surface area contributed by atoms with Crippen LogP contribution in [0.4, 0.5) is 9.59 Å². The summed E-state index contributed by atoms with van der Waals surface area (Å²) < 4.78 is 3.08. The molecule has 0 saturated heterocycles. The Bertz CT molecular complexity index is 890. The van der Waals surface area contributed by atoms with Crippen LogP contribution in [0.15, 0.2) is 60.7 Å². The van der Waals surface area contributed by atoms with Crippen molar-refractivity contribution in [3.63, 3.8) is 0 Å². The number of hydrogen-bond acceptors (Lipinski definition) is 9. The molecule has 0 unspecified atom stereocenters. The highest BCUT2D eigenvalue weighted by molar-refractivity contribution is 5.89. The fourth-order valence-corrected chi connectivity index (χ4v) is 2.31. The van der Waals surface area contributed by atoms with Gasteiger partial charge in [-0.3, -0.25) is 9.78 Å². The highest BCUT2D eigenvalue weighted by atomic mass is 17.2. The minimum Gasteiger partial charge on any atom is -0.449 e. The molecule has 35 heavy (non-hydrogen) atoms. The van der Waals surface area contributed by atoms with Crippen LogP contribution in [0.1, 0.15) is 61.3 Å². The molecule has 0 saturated carbocycles. The zero-order valence-electron chi connectivity index (χ0n) is 19.8. The van der Waals surface area contributed by atoms with E-state index in [0.29, 0.717) is 24.0 Å². The summed E-state index contributed by atoms with van der Waals surface area (Å²) in [5.41, 5.74) is -0.659. The fraction of sp³-hybridized carbons (Fsp3) is 0.333. The molecule has 2 aromatic rings. The summed E-state index contributed by atoms with van der Waals surface area (Å²) in [7, 11) is 0. The van der Waals surface area contributed by atoms with Gasteiger partial charge in [-0.05, 0) is 64.8 Å². The van der Waals surface area contributed by atoms with Gasteiger partial charge in [-0.15, -0.1) is 0 Å². The largest absolute Gasteiger partial charge is 0.516 e. The molecule has 2 rings (SSSR count). The minimum atomic E-state index is -1.81. The highest BCUT2D eigenvalue weighted by Crippen LogP contribution is 2.26. The van der Waals surface area contributed by atoms with E-state index in [-0.39, 0.29) is 0 Å². The lowest BCUT2D eigenvalue weighted by molar-refractivity contribution is -0.325. The molecule has 0 amide bonds. The normalized spacial score (nSPS) is 10.9.